The van der Waals surface area contributed by atoms with E-state index in [-0.39, 0.29) is 37.3 Å². The number of alkyl carbamates (subject to hydrolysis) is 1. The molecule has 1 aliphatic heterocycles. The monoisotopic (exact) mass is 465 g/mol. The molecule has 0 bridgehead atoms. The van der Waals surface area contributed by atoms with E-state index in [1.54, 1.807) is 11.8 Å². The molecule has 0 unspecified atom stereocenters. The second-order valence-electron chi connectivity index (χ2n) is 8.94. The number of carbonyl (C=O) groups is 3. The number of rotatable bonds is 8. The van der Waals surface area contributed by atoms with E-state index in [4.69, 9.17) is 9.84 Å². The van der Waals surface area contributed by atoms with Crippen molar-refractivity contribution < 1.29 is 24.2 Å². The summed E-state index contributed by atoms with van der Waals surface area (Å²) in [5.74, 6) is -0.844. The molecule has 0 spiro atoms. The smallest absolute Gasteiger partial charge is 0.407 e. The molecule has 2 N–H and O–H groups in total. The van der Waals surface area contributed by atoms with Crippen LogP contribution < -0.4 is 5.32 Å². The fourth-order valence-electron chi connectivity index (χ4n) is 4.76. The Morgan fingerprint density at radius 1 is 1.00 bits per heavy atom. The van der Waals surface area contributed by atoms with Gasteiger partial charge < -0.3 is 20.1 Å². The van der Waals surface area contributed by atoms with Crippen LogP contribution in [0.15, 0.2) is 48.5 Å². The summed E-state index contributed by atoms with van der Waals surface area (Å²) < 4.78 is 5.57. The summed E-state index contributed by atoms with van der Waals surface area (Å²) in [6.45, 7) is 4.98. The van der Waals surface area contributed by atoms with Crippen LogP contribution in [0.25, 0.3) is 11.1 Å². The molecular weight excluding hydrogens is 434 g/mol. The Labute approximate surface area is 199 Å². The van der Waals surface area contributed by atoms with Gasteiger partial charge in [0.15, 0.2) is 0 Å². The van der Waals surface area contributed by atoms with Crippen molar-refractivity contribution in [2.24, 2.45) is 0 Å². The average molecular weight is 466 g/mol. The Morgan fingerprint density at radius 2 is 1.59 bits per heavy atom. The molecule has 2 aromatic rings. The molecule has 1 fully saturated rings. The van der Waals surface area contributed by atoms with Crippen molar-refractivity contribution in [1.29, 1.82) is 0 Å². The van der Waals surface area contributed by atoms with Gasteiger partial charge in [-0.3, -0.25) is 14.5 Å². The first-order valence-corrected chi connectivity index (χ1v) is 11.8. The van der Waals surface area contributed by atoms with Crippen LogP contribution in [-0.2, 0) is 14.3 Å². The Morgan fingerprint density at radius 3 is 2.18 bits per heavy atom. The maximum atomic E-state index is 12.6. The molecule has 4 rings (SSSR count). The fraction of sp³-hybridized carbons (Fsp3) is 0.423. The molecule has 180 valence electrons. The van der Waals surface area contributed by atoms with Gasteiger partial charge in [-0.05, 0) is 29.2 Å². The van der Waals surface area contributed by atoms with Crippen LogP contribution in [-0.4, -0.2) is 78.2 Å². The van der Waals surface area contributed by atoms with Crippen LogP contribution >= 0.6 is 0 Å². The van der Waals surface area contributed by atoms with Gasteiger partial charge in [-0.25, -0.2) is 4.79 Å². The van der Waals surface area contributed by atoms with E-state index in [1.807, 2.05) is 24.3 Å². The van der Waals surface area contributed by atoms with E-state index < -0.39 is 12.1 Å². The number of ether oxygens (including phenoxy) is 1. The van der Waals surface area contributed by atoms with Gasteiger partial charge in [0.05, 0.1) is 6.42 Å². The molecule has 8 nitrogen and oxygen atoms in total. The zero-order valence-corrected chi connectivity index (χ0v) is 19.4. The third kappa shape index (κ3) is 5.56. The lowest BCUT2D eigenvalue weighted by molar-refractivity contribution is -0.138. The van der Waals surface area contributed by atoms with E-state index >= 15 is 0 Å². The molecule has 0 aromatic heterocycles. The largest absolute Gasteiger partial charge is 0.481 e. The second-order valence-corrected chi connectivity index (χ2v) is 8.94. The number of aliphatic carboxylic acids is 1. The summed E-state index contributed by atoms with van der Waals surface area (Å²) in [5, 5.41) is 11.6. The van der Waals surface area contributed by atoms with Gasteiger partial charge in [0, 0.05) is 51.1 Å². The predicted molar refractivity (Wildman–Crippen MR) is 128 cm³/mol. The maximum Gasteiger partial charge on any atom is 0.407 e. The summed E-state index contributed by atoms with van der Waals surface area (Å²) in [5.41, 5.74) is 4.66. The molecule has 1 aliphatic carbocycles. The lowest BCUT2D eigenvalue weighted by atomic mass is 9.98. The van der Waals surface area contributed by atoms with Crippen molar-refractivity contribution in [3.63, 3.8) is 0 Å². The third-order valence-corrected chi connectivity index (χ3v) is 6.56. The molecule has 1 saturated heterocycles. The summed E-state index contributed by atoms with van der Waals surface area (Å²) in [6.07, 6.45) is -0.227. The number of carbonyl (C=O) groups excluding carboxylic acids is 2. The number of benzene rings is 2. The molecular formula is C26H31N3O5. The lowest BCUT2D eigenvalue weighted by Gasteiger charge is -2.35. The molecule has 0 saturated carbocycles. The van der Waals surface area contributed by atoms with Crippen molar-refractivity contribution in [3.05, 3.63) is 59.7 Å². The predicted octanol–water partition coefficient (Wildman–Crippen LogP) is 2.92. The van der Waals surface area contributed by atoms with Gasteiger partial charge in [0.2, 0.25) is 5.91 Å². The Bertz CT molecular complexity index is 1000. The highest BCUT2D eigenvalue weighted by Gasteiger charge is 2.29. The van der Waals surface area contributed by atoms with Crippen molar-refractivity contribution in [3.8, 4) is 11.1 Å². The van der Waals surface area contributed by atoms with Crippen molar-refractivity contribution in [2.75, 3.05) is 39.3 Å². The second kappa shape index (κ2) is 10.7. The van der Waals surface area contributed by atoms with Gasteiger partial charge in [-0.15, -0.1) is 0 Å². The standard InChI is InChI=1S/C26H31N3O5/c1-18(16-24(30)29-14-12-28(13-15-29)11-10-25(31)32)27-26(33)34-17-23-21-8-4-2-6-19(21)20-7-3-5-9-22(20)23/h2-9,18,23H,10-17H2,1H3,(H,27,33)(H,31,32)/t18-/m0/s1. The normalized spacial score (nSPS) is 16.4. The highest BCUT2D eigenvalue weighted by Crippen LogP contribution is 2.44. The van der Waals surface area contributed by atoms with Crippen molar-refractivity contribution in [1.82, 2.24) is 15.1 Å². The van der Waals surface area contributed by atoms with Gasteiger partial charge in [-0.1, -0.05) is 48.5 Å². The number of carboxylic acids is 1. The van der Waals surface area contributed by atoms with Crippen LogP contribution in [0.1, 0.15) is 36.8 Å². The molecule has 2 amide bonds. The zero-order chi connectivity index (χ0) is 24.1. The molecule has 8 heteroatoms. The zero-order valence-electron chi connectivity index (χ0n) is 19.4. The first-order chi connectivity index (χ1) is 16.4. The summed E-state index contributed by atoms with van der Waals surface area (Å²) >= 11 is 0. The molecule has 2 aromatic carbocycles. The Balaban J connectivity index is 1.23. The highest BCUT2D eigenvalue weighted by atomic mass is 16.5. The average Bonchev–Trinajstić information content (AvgIpc) is 3.15. The van der Waals surface area contributed by atoms with Gasteiger partial charge in [0.25, 0.3) is 0 Å². The van der Waals surface area contributed by atoms with Crippen LogP contribution in [0.4, 0.5) is 4.79 Å². The SMILES string of the molecule is C[C@@H](CC(=O)N1CCN(CCC(=O)O)CC1)NC(=O)OCC1c2ccccc2-c2ccccc21. The summed E-state index contributed by atoms with van der Waals surface area (Å²) in [4.78, 5) is 39.6. The molecule has 1 heterocycles. The van der Waals surface area contributed by atoms with Crippen LogP contribution in [0.2, 0.25) is 0 Å². The number of nitrogens with one attached hydrogen (secondary N) is 1. The number of fused-ring (bicyclic) bond motifs is 3. The summed E-state index contributed by atoms with van der Waals surface area (Å²) in [6, 6.07) is 16.0. The number of amides is 2. The van der Waals surface area contributed by atoms with Gasteiger partial charge >= 0.3 is 12.1 Å². The minimum Gasteiger partial charge on any atom is -0.481 e. The topological polar surface area (TPSA) is 99.2 Å². The van der Waals surface area contributed by atoms with Crippen molar-refractivity contribution >= 4 is 18.0 Å². The van der Waals surface area contributed by atoms with Gasteiger partial charge in [0.1, 0.15) is 6.61 Å². The van der Waals surface area contributed by atoms with Crippen molar-refractivity contribution in [2.45, 2.75) is 31.7 Å². The molecule has 1 atom stereocenters. The maximum absolute atomic E-state index is 12.6. The van der Waals surface area contributed by atoms with E-state index in [9.17, 15) is 14.4 Å². The minimum absolute atomic E-state index is 0.00693. The number of piperazine rings is 1. The van der Waals surface area contributed by atoms with E-state index in [2.05, 4.69) is 34.5 Å². The van der Waals surface area contributed by atoms with Gasteiger partial charge in [-0.2, -0.15) is 0 Å². The Hall–Kier alpha value is -3.39. The van der Waals surface area contributed by atoms with Crippen LogP contribution in [0, 0.1) is 0 Å². The van der Waals surface area contributed by atoms with E-state index in [1.165, 1.54) is 11.1 Å². The fourth-order valence-corrected chi connectivity index (χ4v) is 4.76. The quantitative estimate of drug-likeness (QED) is 0.622. The molecule has 2 aliphatic rings. The third-order valence-electron chi connectivity index (χ3n) is 6.56. The number of nitrogens with zero attached hydrogens (tertiary/aromatic N) is 2. The lowest BCUT2D eigenvalue weighted by Crippen LogP contribution is -2.50. The summed E-state index contributed by atoms with van der Waals surface area (Å²) in [7, 11) is 0. The Kier molecular flexibility index (Phi) is 7.47. The highest BCUT2D eigenvalue weighted by molar-refractivity contribution is 5.79. The minimum atomic E-state index is -0.813. The number of hydrogen-bond acceptors (Lipinski definition) is 5. The molecule has 0 radical (unpaired) electrons. The molecule has 34 heavy (non-hydrogen) atoms. The first kappa shape index (κ1) is 23.8. The van der Waals surface area contributed by atoms with E-state index in [0.29, 0.717) is 32.7 Å². The number of carboxylic acid groups (broad SMARTS) is 1. The number of hydrogen-bond donors (Lipinski definition) is 2. The van der Waals surface area contributed by atoms with E-state index in [0.717, 1.165) is 11.1 Å². The van der Waals surface area contributed by atoms with Crippen LogP contribution in [0.5, 0.6) is 0 Å². The first-order valence-electron chi connectivity index (χ1n) is 11.8. The van der Waals surface area contributed by atoms with Crippen LogP contribution in [0.3, 0.4) is 0 Å².